The molecule has 0 aliphatic heterocycles. The lowest BCUT2D eigenvalue weighted by Gasteiger charge is -2.14. The summed E-state index contributed by atoms with van der Waals surface area (Å²) in [5.41, 5.74) is 7.42. The van der Waals surface area contributed by atoms with Gasteiger partial charge >= 0.3 is 0 Å². The molecule has 2 aromatic rings. The largest absolute Gasteiger partial charge is 0.497 e. The van der Waals surface area contributed by atoms with Crippen molar-refractivity contribution in [1.29, 1.82) is 0 Å². The summed E-state index contributed by atoms with van der Waals surface area (Å²) >= 11 is 0. The first kappa shape index (κ1) is 13.2. The highest BCUT2D eigenvalue weighted by Gasteiger charge is 2.08. The molecular formula is C14H17N3O2. The van der Waals surface area contributed by atoms with Gasteiger partial charge in [-0.2, -0.15) is 0 Å². The molecule has 5 heteroatoms. The quantitative estimate of drug-likeness (QED) is 0.862. The van der Waals surface area contributed by atoms with Crippen molar-refractivity contribution in [3.8, 4) is 11.5 Å². The number of nitrogens with zero attached hydrogens (tertiary/aromatic N) is 1. The van der Waals surface area contributed by atoms with Gasteiger partial charge in [0.15, 0.2) is 0 Å². The van der Waals surface area contributed by atoms with Crippen LogP contribution in [0.25, 0.3) is 0 Å². The normalized spacial score (nSPS) is 10.1. The van der Waals surface area contributed by atoms with Gasteiger partial charge in [-0.3, -0.25) is 0 Å². The molecule has 0 amide bonds. The second-order valence-electron chi connectivity index (χ2n) is 3.91. The molecule has 0 aliphatic rings. The number of nitrogens with two attached hydrogens (primary N) is 1. The number of benzene rings is 1. The molecule has 100 valence electrons. The Labute approximate surface area is 112 Å². The summed E-state index contributed by atoms with van der Waals surface area (Å²) in [5.74, 6) is 2.18. The topological polar surface area (TPSA) is 69.4 Å². The molecule has 0 radical (unpaired) electrons. The lowest BCUT2D eigenvalue weighted by atomic mass is 10.2. The fourth-order valence-corrected chi connectivity index (χ4v) is 1.76. The Hall–Kier alpha value is -2.27. The molecule has 1 heterocycles. The van der Waals surface area contributed by atoms with E-state index in [1.54, 1.807) is 20.4 Å². The second kappa shape index (κ2) is 6.06. The van der Waals surface area contributed by atoms with Gasteiger partial charge in [-0.05, 0) is 18.2 Å². The van der Waals surface area contributed by atoms with E-state index in [1.807, 2.05) is 30.3 Å². The molecule has 2 rings (SSSR count). The zero-order valence-electron chi connectivity index (χ0n) is 11.0. The van der Waals surface area contributed by atoms with Crippen molar-refractivity contribution in [3.05, 3.63) is 42.1 Å². The minimum absolute atomic E-state index is 0.419. The lowest BCUT2D eigenvalue weighted by molar-refractivity contribution is 0.405. The van der Waals surface area contributed by atoms with Gasteiger partial charge in [0, 0.05) is 24.4 Å². The average Bonchev–Trinajstić information content (AvgIpc) is 2.47. The molecular weight excluding hydrogens is 242 g/mol. The molecule has 0 spiro atoms. The molecule has 5 nitrogen and oxygen atoms in total. The van der Waals surface area contributed by atoms with Crippen LogP contribution in [-0.4, -0.2) is 19.2 Å². The number of pyridine rings is 1. The molecule has 0 saturated heterocycles. The molecule has 0 saturated carbocycles. The first-order chi connectivity index (χ1) is 9.28. The number of ether oxygens (including phenoxy) is 2. The van der Waals surface area contributed by atoms with Crippen LogP contribution in [0.1, 0.15) is 5.56 Å². The van der Waals surface area contributed by atoms with Crippen LogP contribution in [0.4, 0.5) is 11.5 Å². The molecule has 0 atom stereocenters. The highest BCUT2D eigenvalue weighted by atomic mass is 16.5. The van der Waals surface area contributed by atoms with Gasteiger partial charge in [-0.15, -0.1) is 0 Å². The van der Waals surface area contributed by atoms with E-state index in [-0.39, 0.29) is 0 Å². The third kappa shape index (κ3) is 2.95. The van der Waals surface area contributed by atoms with Crippen molar-refractivity contribution >= 4 is 11.5 Å². The van der Waals surface area contributed by atoms with E-state index < -0.39 is 0 Å². The zero-order valence-corrected chi connectivity index (χ0v) is 11.0. The molecule has 3 N–H and O–H groups in total. The molecule has 0 aliphatic carbocycles. The van der Waals surface area contributed by atoms with Crippen molar-refractivity contribution in [2.45, 2.75) is 6.54 Å². The van der Waals surface area contributed by atoms with E-state index in [0.717, 1.165) is 28.6 Å². The van der Waals surface area contributed by atoms with E-state index in [2.05, 4.69) is 10.3 Å². The summed E-state index contributed by atoms with van der Waals surface area (Å²) in [7, 11) is 3.24. The van der Waals surface area contributed by atoms with Crippen LogP contribution in [0.3, 0.4) is 0 Å². The predicted molar refractivity (Wildman–Crippen MR) is 75.0 cm³/mol. The Morgan fingerprint density at radius 2 is 2.05 bits per heavy atom. The highest BCUT2D eigenvalue weighted by molar-refractivity contribution is 5.67. The Bertz CT molecular complexity index is 558. The summed E-state index contributed by atoms with van der Waals surface area (Å²) in [5, 5.41) is 3.22. The van der Waals surface area contributed by atoms with Gasteiger partial charge in [0.2, 0.25) is 0 Å². The SMILES string of the molecule is COc1ccc(OC)c(Nc2ncccc2CN)c1. The standard InChI is InChI=1S/C14H17N3O2/c1-18-11-5-6-13(19-2)12(8-11)17-14-10(9-15)4-3-7-16-14/h3-8H,9,15H2,1-2H3,(H,16,17). The maximum atomic E-state index is 5.69. The Morgan fingerprint density at radius 3 is 2.74 bits per heavy atom. The van der Waals surface area contributed by atoms with Crippen LogP contribution in [0, 0.1) is 0 Å². The van der Waals surface area contributed by atoms with Crippen molar-refractivity contribution in [3.63, 3.8) is 0 Å². The maximum Gasteiger partial charge on any atom is 0.142 e. The number of aromatic nitrogens is 1. The molecule has 0 bridgehead atoms. The van der Waals surface area contributed by atoms with Crippen LogP contribution in [0.15, 0.2) is 36.5 Å². The highest BCUT2D eigenvalue weighted by Crippen LogP contribution is 2.31. The number of nitrogens with one attached hydrogen (secondary N) is 1. The van der Waals surface area contributed by atoms with Gasteiger partial charge in [-0.1, -0.05) is 6.07 Å². The van der Waals surface area contributed by atoms with Gasteiger partial charge in [-0.25, -0.2) is 4.98 Å². The van der Waals surface area contributed by atoms with Gasteiger partial charge in [0.1, 0.15) is 17.3 Å². The molecule has 19 heavy (non-hydrogen) atoms. The number of hydrogen-bond acceptors (Lipinski definition) is 5. The van der Waals surface area contributed by atoms with Crippen LogP contribution < -0.4 is 20.5 Å². The van der Waals surface area contributed by atoms with E-state index in [4.69, 9.17) is 15.2 Å². The smallest absolute Gasteiger partial charge is 0.142 e. The minimum atomic E-state index is 0.419. The molecule has 0 unspecified atom stereocenters. The Morgan fingerprint density at radius 1 is 1.21 bits per heavy atom. The van der Waals surface area contributed by atoms with Crippen LogP contribution >= 0.6 is 0 Å². The number of anilines is 2. The summed E-state index contributed by atoms with van der Waals surface area (Å²) in [6, 6.07) is 9.32. The summed E-state index contributed by atoms with van der Waals surface area (Å²) < 4.78 is 10.5. The van der Waals surface area contributed by atoms with Gasteiger partial charge in [0.25, 0.3) is 0 Å². The average molecular weight is 259 g/mol. The molecule has 0 fully saturated rings. The number of hydrogen-bond donors (Lipinski definition) is 2. The van der Waals surface area contributed by atoms with E-state index in [1.165, 1.54) is 0 Å². The lowest BCUT2D eigenvalue weighted by Crippen LogP contribution is -2.04. The predicted octanol–water partition coefficient (Wildman–Crippen LogP) is 2.30. The minimum Gasteiger partial charge on any atom is -0.497 e. The number of rotatable bonds is 5. The Balaban J connectivity index is 2.36. The summed E-state index contributed by atoms with van der Waals surface area (Å²) in [4.78, 5) is 4.29. The van der Waals surface area contributed by atoms with Crippen molar-refractivity contribution < 1.29 is 9.47 Å². The maximum absolute atomic E-state index is 5.69. The fraction of sp³-hybridized carbons (Fsp3) is 0.214. The van der Waals surface area contributed by atoms with E-state index in [9.17, 15) is 0 Å². The fourth-order valence-electron chi connectivity index (χ4n) is 1.76. The monoisotopic (exact) mass is 259 g/mol. The van der Waals surface area contributed by atoms with Crippen molar-refractivity contribution in [2.75, 3.05) is 19.5 Å². The van der Waals surface area contributed by atoms with Gasteiger partial charge in [0.05, 0.1) is 19.9 Å². The second-order valence-corrected chi connectivity index (χ2v) is 3.91. The van der Waals surface area contributed by atoms with Crippen molar-refractivity contribution in [1.82, 2.24) is 4.98 Å². The Kier molecular flexibility index (Phi) is 4.20. The third-order valence-electron chi connectivity index (χ3n) is 2.77. The first-order valence-electron chi connectivity index (χ1n) is 5.91. The molecule has 1 aromatic carbocycles. The van der Waals surface area contributed by atoms with Crippen molar-refractivity contribution in [2.24, 2.45) is 5.73 Å². The third-order valence-corrected chi connectivity index (χ3v) is 2.77. The summed E-state index contributed by atoms with van der Waals surface area (Å²) in [6.45, 7) is 0.419. The number of methoxy groups -OCH3 is 2. The van der Waals surface area contributed by atoms with E-state index in [0.29, 0.717) is 6.54 Å². The zero-order chi connectivity index (χ0) is 13.7. The van der Waals surface area contributed by atoms with Gasteiger partial charge < -0.3 is 20.5 Å². The van der Waals surface area contributed by atoms with Crippen LogP contribution in [0.2, 0.25) is 0 Å². The van der Waals surface area contributed by atoms with Crippen LogP contribution in [0.5, 0.6) is 11.5 Å². The van der Waals surface area contributed by atoms with Crippen LogP contribution in [-0.2, 0) is 6.54 Å². The first-order valence-corrected chi connectivity index (χ1v) is 5.91. The summed E-state index contributed by atoms with van der Waals surface area (Å²) in [6.07, 6.45) is 1.72. The molecule has 1 aromatic heterocycles. The van der Waals surface area contributed by atoms with E-state index >= 15 is 0 Å².